The first-order valence-electron chi connectivity index (χ1n) is 8.80. The van der Waals surface area contributed by atoms with E-state index in [-0.39, 0.29) is 29.3 Å². The predicted octanol–water partition coefficient (Wildman–Crippen LogP) is 0.841. The van der Waals surface area contributed by atoms with Gasteiger partial charge in [-0.2, -0.15) is 16.1 Å². The van der Waals surface area contributed by atoms with E-state index in [1.807, 2.05) is 11.8 Å². The molecule has 0 aliphatic carbocycles. The molecule has 2 N–H and O–H groups in total. The highest BCUT2D eigenvalue weighted by atomic mass is 35.5. The molecule has 0 bridgehead atoms. The molecule has 1 aromatic rings. The van der Waals surface area contributed by atoms with E-state index in [9.17, 15) is 13.2 Å². The van der Waals surface area contributed by atoms with Crippen LogP contribution in [0.1, 0.15) is 12.0 Å². The number of amides is 1. The molecule has 0 saturated carbocycles. The van der Waals surface area contributed by atoms with Crippen molar-refractivity contribution < 1.29 is 17.9 Å². The number of nitrogens with zero attached hydrogens (tertiary/aromatic N) is 1. The number of hydrogen-bond acceptors (Lipinski definition) is 6. The Hall–Kier alpha value is -0.840. The van der Waals surface area contributed by atoms with Gasteiger partial charge in [0.25, 0.3) is 0 Å². The first kappa shape index (κ1) is 22.4. The Morgan fingerprint density at radius 1 is 1.26 bits per heavy atom. The summed E-state index contributed by atoms with van der Waals surface area (Å²) in [6, 6.07) is 6.94. The van der Waals surface area contributed by atoms with Gasteiger partial charge in [0.15, 0.2) is 0 Å². The quantitative estimate of drug-likeness (QED) is 0.688. The maximum absolute atomic E-state index is 12.6. The van der Waals surface area contributed by atoms with Crippen LogP contribution in [0.4, 0.5) is 0 Å². The third-order valence-corrected chi connectivity index (χ3v) is 7.49. The molecular formula is C17H26ClN3O4S2. The zero-order valence-electron chi connectivity index (χ0n) is 15.1. The summed E-state index contributed by atoms with van der Waals surface area (Å²) in [4.78, 5) is 12.3. The average Bonchev–Trinajstić information content (AvgIpc) is 2.68. The summed E-state index contributed by atoms with van der Waals surface area (Å²) in [5.41, 5.74) is 0.880. The number of carbonyl (C=O) groups excluding carboxylic acids is 1. The van der Waals surface area contributed by atoms with Crippen molar-refractivity contribution in [3.05, 3.63) is 29.8 Å². The number of halogens is 1. The summed E-state index contributed by atoms with van der Waals surface area (Å²) in [6.45, 7) is 2.97. The summed E-state index contributed by atoms with van der Waals surface area (Å²) in [6.07, 6.45) is 0.469. The van der Waals surface area contributed by atoms with E-state index in [1.54, 1.807) is 24.3 Å². The van der Waals surface area contributed by atoms with Crippen molar-refractivity contribution in [3.8, 4) is 0 Å². The number of thioether (sulfide) groups is 1. The Labute approximate surface area is 171 Å². The number of rotatable bonds is 6. The van der Waals surface area contributed by atoms with Gasteiger partial charge in [-0.1, -0.05) is 12.1 Å². The summed E-state index contributed by atoms with van der Waals surface area (Å²) < 4.78 is 31.8. The molecule has 7 nitrogen and oxygen atoms in total. The number of ether oxygens (including phenoxy) is 1. The fraction of sp³-hybridized carbons (Fsp3) is 0.588. The van der Waals surface area contributed by atoms with E-state index >= 15 is 0 Å². The zero-order valence-corrected chi connectivity index (χ0v) is 17.5. The minimum absolute atomic E-state index is 0. The molecular weight excluding hydrogens is 410 g/mol. The van der Waals surface area contributed by atoms with Gasteiger partial charge >= 0.3 is 0 Å². The Balaban J connectivity index is 0.00000261. The number of morpholine rings is 1. The molecule has 1 unspecified atom stereocenters. The van der Waals surface area contributed by atoms with Crippen LogP contribution in [0.15, 0.2) is 29.2 Å². The number of benzene rings is 1. The number of sulfonamides is 1. The first-order chi connectivity index (χ1) is 12.6. The van der Waals surface area contributed by atoms with Crippen molar-refractivity contribution in [2.75, 3.05) is 44.4 Å². The van der Waals surface area contributed by atoms with Gasteiger partial charge in [0, 0.05) is 50.1 Å². The van der Waals surface area contributed by atoms with Gasteiger partial charge in [-0.15, -0.1) is 12.4 Å². The fourth-order valence-electron chi connectivity index (χ4n) is 2.96. The molecule has 1 atom stereocenters. The highest BCUT2D eigenvalue weighted by Crippen LogP contribution is 2.17. The number of nitrogens with one attached hydrogen (secondary N) is 2. The van der Waals surface area contributed by atoms with Gasteiger partial charge in [0.2, 0.25) is 15.9 Å². The van der Waals surface area contributed by atoms with Crippen molar-refractivity contribution >= 4 is 40.1 Å². The fourth-order valence-corrected chi connectivity index (χ4v) is 5.32. The third-order valence-electron chi connectivity index (χ3n) is 4.45. The van der Waals surface area contributed by atoms with Crippen molar-refractivity contribution in [2.45, 2.75) is 23.9 Å². The monoisotopic (exact) mass is 435 g/mol. The molecule has 152 valence electrons. The largest absolute Gasteiger partial charge is 0.379 e. The lowest BCUT2D eigenvalue weighted by atomic mass is 10.2. The molecule has 2 aliphatic heterocycles. The molecule has 2 heterocycles. The molecule has 2 aliphatic rings. The van der Waals surface area contributed by atoms with Gasteiger partial charge in [-0.3, -0.25) is 4.79 Å². The number of hydrogen-bond donors (Lipinski definition) is 2. The summed E-state index contributed by atoms with van der Waals surface area (Å²) in [5, 5.41) is 6.24. The van der Waals surface area contributed by atoms with Gasteiger partial charge in [0.1, 0.15) is 0 Å². The van der Waals surface area contributed by atoms with E-state index in [2.05, 4.69) is 10.6 Å². The van der Waals surface area contributed by atoms with Crippen LogP contribution in [-0.2, 0) is 26.1 Å². The van der Waals surface area contributed by atoms with Crippen LogP contribution in [0.2, 0.25) is 0 Å². The maximum Gasteiger partial charge on any atom is 0.243 e. The molecule has 10 heteroatoms. The Bertz CT molecular complexity index is 703. The van der Waals surface area contributed by atoms with Crippen molar-refractivity contribution in [1.29, 1.82) is 0 Å². The van der Waals surface area contributed by atoms with Crippen molar-refractivity contribution in [2.24, 2.45) is 0 Å². The van der Waals surface area contributed by atoms with Crippen LogP contribution in [0, 0.1) is 0 Å². The number of carbonyl (C=O) groups is 1. The van der Waals surface area contributed by atoms with E-state index in [4.69, 9.17) is 4.74 Å². The average molecular weight is 436 g/mol. The van der Waals surface area contributed by atoms with Gasteiger partial charge in [-0.25, -0.2) is 8.42 Å². The molecule has 1 amide bonds. The summed E-state index contributed by atoms with van der Waals surface area (Å²) in [5.74, 6) is 2.06. The molecule has 2 fully saturated rings. The SMILES string of the molecule is Cl.O=C(CC1CSCCN1)NCc1ccc(S(=O)(=O)N2CCOCC2)cc1. The lowest BCUT2D eigenvalue weighted by molar-refractivity contribution is -0.121. The highest BCUT2D eigenvalue weighted by molar-refractivity contribution is 7.99. The van der Waals surface area contributed by atoms with E-state index in [0.29, 0.717) is 39.3 Å². The van der Waals surface area contributed by atoms with Gasteiger partial charge < -0.3 is 15.4 Å². The van der Waals surface area contributed by atoms with Crippen LogP contribution < -0.4 is 10.6 Å². The molecule has 3 rings (SSSR count). The molecule has 0 radical (unpaired) electrons. The topological polar surface area (TPSA) is 87.7 Å². The van der Waals surface area contributed by atoms with Crippen LogP contribution in [0.5, 0.6) is 0 Å². The van der Waals surface area contributed by atoms with Crippen LogP contribution in [0.25, 0.3) is 0 Å². The van der Waals surface area contributed by atoms with Crippen molar-refractivity contribution in [1.82, 2.24) is 14.9 Å². The second-order valence-electron chi connectivity index (χ2n) is 6.37. The summed E-state index contributed by atoms with van der Waals surface area (Å²) in [7, 11) is -3.47. The first-order valence-corrected chi connectivity index (χ1v) is 11.4. The van der Waals surface area contributed by atoms with Gasteiger partial charge in [0.05, 0.1) is 18.1 Å². The molecule has 2 saturated heterocycles. The van der Waals surface area contributed by atoms with E-state index < -0.39 is 10.0 Å². The smallest absolute Gasteiger partial charge is 0.243 e. The normalized spacial score (nSPS) is 21.3. The second kappa shape index (κ2) is 10.6. The Morgan fingerprint density at radius 2 is 1.96 bits per heavy atom. The third kappa shape index (κ3) is 6.33. The molecule has 0 spiro atoms. The minimum Gasteiger partial charge on any atom is -0.379 e. The molecule has 1 aromatic carbocycles. The molecule has 0 aromatic heterocycles. The lowest BCUT2D eigenvalue weighted by Crippen LogP contribution is -2.41. The zero-order chi connectivity index (χ0) is 18.4. The molecule has 27 heavy (non-hydrogen) atoms. The Kier molecular flexibility index (Phi) is 8.84. The van der Waals surface area contributed by atoms with Gasteiger partial charge in [-0.05, 0) is 17.7 Å². The second-order valence-corrected chi connectivity index (χ2v) is 9.45. The van der Waals surface area contributed by atoms with Crippen molar-refractivity contribution in [3.63, 3.8) is 0 Å². The van der Waals surface area contributed by atoms with Crippen LogP contribution >= 0.6 is 24.2 Å². The highest BCUT2D eigenvalue weighted by Gasteiger charge is 2.26. The van der Waals surface area contributed by atoms with Crippen LogP contribution in [0.3, 0.4) is 0 Å². The summed E-state index contributed by atoms with van der Waals surface area (Å²) >= 11 is 1.86. The van der Waals surface area contributed by atoms with E-state index in [0.717, 1.165) is 23.6 Å². The minimum atomic E-state index is -3.47. The lowest BCUT2D eigenvalue weighted by Gasteiger charge is -2.26. The van der Waals surface area contributed by atoms with E-state index in [1.165, 1.54) is 4.31 Å². The predicted molar refractivity (Wildman–Crippen MR) is 109 cm³/mol. The maximum atomic E-state index is 12.6. The van der Waals surface area contributed by atoms with Crippen LogP contribution in [-0.4, -0.2) is 69.0 Å². The standard InChI is InChI=1S/C17H25N3O4S2.ClH/c21-17(11-15-13-25-10-5-18-15)19-12-14-1-3-16(4-2-14)26(22,23)20-6-8-24-9-7-20;/h1-4,15,18H,5-13H2,(H,19,21);1H. The Morgan fingerprint density at radius 3 is 2.59 bits per heavy atom.